The largest absolute Gasteiger partial charge is 0.465 e. The summed E-state index contributed by atoms with van der Waals surface area (Å²) in [5, 5.41) is 9.48. The number of esters is 1. The summed E-state index contributed by atoms with van der Waals surface area (Å²) in [7, 11) is 1.33. The van der Waals surface area contributed by atoms with Gasteiger partial charge in [0.25, 0.3) is 0 Å². The van der Waals surface area contributed by atoms with E-state index < -0.39 is 6.10 Å². The van der Waals surface area contributed by atoms with Crippen LogP contribution in [-0.2, 0) is 4.74 Å². The second-order valence-electron chi connectivity index (χ2n) is 3.51. The molecule has 0 saturated heterocycles. The van der Waals surface area contributed by atoms with Gasteiger partial charge >= 0.3 is 5.97 Å². The molecule has 0 aliphatic heterocycles. The minimum atomic E-state index is -0.816. The fourth-order valence-corrected chi connectivity index (χ4v) is 1.37. The van der Waals surface area contributed by atoms with Gasteiger partial charge in [-0.3, -0.25) is 0 Å². The van der Waals surface area contributed by atoms with Gasteiger partial charge in [0.2, 0.25) is 0 Å². The van der Waals surface area contributed by atoms with E-state index in [2.05, 4.69) is 10.7 Å². The van der Waals surface area contributed by atoms with Crippen LogP contribution < -0.4 is 0 Å². The van der Waals surface area contributed by atoms with Crippen molar-refractivity contribution in [3.05, 3.63) is 35.4 Å². The molecule has 2 unspecified atom stereocenters. The molecule has 0 fully saturated rings. The molecule has 0 bridgehead atoms. The van der Waals surface area contributed by atoms with Gasteiger partial charge in [-0.25, -0.2) is 4.79 Å². The van der Waals surface area contributed by atoms with E-state index in [-0.39, 0.29) is 11.9 Å². The maximum absolute atomic E-state index is 11.2. The van der Waals surface area contributed by atoms with Crippen LogP contribution >= 0.6 is 0 Å². The zero-order chi connectivity index (χ0) is 12.1. The third kappa shape index (κ3) is 2.62. The number of carbonyl (C=O) groups is 1. The Balaban J connectivity index is 2.87. The molecule has 0 spiro atoms. The standard InChI is InChI=1S/C13H14O3/c1-4-12(14)9(2)10-5-7-11(8-6-10)13(15)16-3/h1,5-9,12,14H,2-3H3. The van der Waals surface area contributed by atoms with E-state index in [0.29, 0.717) is 5.56 Å². The minimum Gasteiger partial charge on any atom is -0.465 e. The van der Waals surface area contributed by atoms with Crippen LogP contribution in [0.25, 0.3) is 0 Å². The van der Waals surface area contributed by atoms with Crippen LogP contribution in [0.4, 0.5) is 0 Å². The van der Waals surface area contributed by atoms with Crippen molar-refractivity contribution in [2.45, 2.75) is 18.9 Å². The number of rotatable bonds is 3. The molecular formula is C13H14O3. The molecule has 0 heterocycles. The van der Waals surface area contributed by atoms with Gasteiger partial charge in [0.05, 0.1) is 12.7 Å². The molecule has 0 amide bonds. The molecule has 1 rings (SSSR count). The Morgan fingerprint density at radius 1 is 1.44 bits per heavy atom. The topological polar surface area (TPSA) is 46.5 Å². The number of ether oxygens (including phenoxy) is 1. The highest BCUT2D eigenvalue weighted by Crippen LogP contribution is 2.19. The Kier molecular flexibility index (Phi) is 4.10. The van der Waals surface area contributed by atoms with Crippen molar-refractivity contribution in [1.82, 2.24) is 0 Å². The van der Waals surface area contributed by atoms with Crippen LogP contribution in [-0.4, -0.2) is 24.3 Å². The number of hydrogen-bond donors (Lipinski definition) is 1. The maximum atomic E-state index is 11.2. The second kappa shape index (κ2) is 5.34. The molecule has 3 nitrogen and oxygen atoms in total. The van der Waals surface area contributed by atoms with Crippen molar-refractivity contribution >= 4 is 5.97 Å². The monoisotopic (exact) mass is 218 g/mol. The quantitative estimate of drug-likeness (QED) is 0.618. The van der Waals surface area contributed by atoms with E-state index in [4.69, 9.17) is 6.42 Å². The van der Waals surface area contributed by atoms with Crippen LogP contribution in [0.1, 0.15) is 28.8 Å². The molecule has 1 aromatic rings. The fraction of sp³-hybridized carbons (Fsp3) is 0.308. The normalized spacial score (nSPS) is 13.6. The number of hydrogen-bond acceptors (Lipinski definition) is 3. The number of terminal acetylenes is 1. The number of carbonyl (C=O) groups excluding carboxylic acids is 1. The van der Waals surface area contributed by atoms with Crippen molar-refractivity contribution in [1.29, 1.82) is 0 Å². The van der Waals surface area contributed by atoms with E-state index >= 15 is 0 Å². The Labute approximate surface area is 95.1 Å². The van der Waals surface area contributed by atoms with E-state index in [1.807, 2.05) is 6.92 Å². The summed E-state index contributed by atoms with van der Waals surface area (Å²) in [5.74, 6) is 1.74. The Morgan fingerprint density at radius 2 is 2.00 bits per heavy atom. The first kappa shape index (κ1) is 12.3. The predicted molar refractivity (Wildman–Crippen MR) is 61.0 cm³/mol. The molecule has 0 radical (unpaired) electrons. The molecule has 0 aliphatic rings. The summed E-state index contributed by atoms with van der Waals surface area (Å²) >= 11 is 0. The Bertz CT molecular complexity index is 400. The minimum absolute atomic E-state index is 0.156. The zero-order valence-electron chi connectivity index (χ0n) is 9.31. The van der Waals surface area contributed by atoms with Crippen molar-refractivity contribution < 1.29 is 14.6 Å². The molecule has 1 N–H and O–H groups in total. The molecule has 2 atom stereocenters. The van der Waals surface area contributed by atoms with Crippen LogP contribution in [0.15, 0.2) is 24.3 Å². The van der Waals surface area contributed by atoms with Crippen LogP contribution in [0.3, 0.4) is 0 Å². The van der Waals surface area contributed by atoms with Gasteiger partial charge < -0.3 is 9.84 Å². The average molecular weight is 218 g/mol. The lowest BCUT2D eigenvalue weighted by atomic mass is 9.95. The van der Waals surface area contributed by atoms with E-state index in [1.165, 1.54) is 7.11 Å². The van der Waals surface area contributed by atoms with Crippen LogP contribution in [0, 0.1) is 12.3 Å². The van der Waals surface area contributed by atoms with Gasteiger partial charge in [0.15, 0.2) is 0 Å². The summed E-state index contributed by atoms with van der Waals surface area (Å²) in [6.07, 6.45) is 4.32. The number of benzene rings is 1. The Hall–Kier alpha value is -1.79. The van der Waals surface area contributed by atoms with Crippen molar-refractivity contribution in [2.24, 2.45) is 0 Å². The number of methoxy groups -OCH3 is 1. The molecule has 0 aromatic heterocycles. The number of aliphatic hydroxyl groups is 1. The summed E-state index contributed by atoms with van der Waals surface area (Å²) in [6.45, 7) is 1.83. The molecule has 84 valence electrons. The summed E-state index contributed by atoms with van der Waals surface area (Å²) in [4.78, 5) is 11.2. The third-order valence-corrected chi connectivity index (χ3v) is 2.50. The lowest BCUT2D eigenvalue weighted by Crippen LogP contribution is -2.13. The predicted octanol–water partition coefficient (Wildman–Crippen LogP) is 1.57. The first-order valence-electron chi connectivity index (χ1n) is 4.92. The van der Waals surface area contributed by atoms with Gasteiger partial charge in [0.1, 0.15) is 6.10 Å². The first-order chi connectivity index (χ1) is 7.60. The van der Waals surface area contributed by atoms with Crippen molar-refractivity contribution in [3.8, 4) is 12.3 Å². The maximum Gasteiger partial charge on any atom is 0.337 e. The summed E-state index contributed by atoms with van der Waals surface area (Å²) in [6, 6.07) is 6.83. The van der Waals surface area contributed by atoms with Crippen molar-refractivity contribution in [3.63, 3.8) is 0 Å². The molecule has 0 aliphatic carbocycles. The zero-order valence-corrected chi connectivity index (χ0v) is 9.31. The highest BCUT2D eigenvalue weighted by molar-refractivity contribution is 5.89. The van der Waals surface area contributed by atoms with E-state index in [1.54, 1.807) is 24.3 Å². The summed E-state index contributed by atoms with van der Waals surface area (Å²) in [5.41, 5.74) is 1.37. The second-order valence-corrected chi connectivity index (χ2v) is 3.51. The van der Waals surface area contributed by atoms with Crippen LogP contribution in [0.2, 0.25) is 0 Å². The molecule has 1 aromatic carbocycles. The lowest BCUT2D eigenvalue weighted by molar-refractivity contribution is 0.0600. The van der Waals surface area contributed by atoms with Gasteiger partial charge in [-0.2, -0.15) is 0 Å². The van der Waals surface area contributed by atoms with Gasteiger partial charge in [-0.1, -0.05) is 25.0 Å². The average Bonchev–Trinajstić information content (AvgIpc) is 2.36. The van der Waals surface area contributed by atoms with E-state index in [9.17, 15) is 9.90 Å². The first-order valence-corrected chi connectivity index (χ1v) is 4.92. The highest BCUT2D eigenvalue weighted by Gasteiger charge is 2.14. The fourth-order valence-electron chi connectivity index (χ4n) is 1.37. The van der Waals surface area contributed by atoms with Crippen LogP contribution in [0.5, 0.6) is 0 Å². The molecular weight excluding hydrogens is 204 g/mol. The molecule has 3 heteroatoms. The highest BCUT2D eigenvalue weighted by atomic mass is 16.5. The molecule has 16 heavy (non-hydrogen) atoms. The van der Waals surface area contributed by atoms with Gasteiger partial charge in [0, 0.05) is 5.92 Å². The Morgan fingerprint density at radius 3 is 2.44 bits per heavy atom. The SMILES string of the molecule is C#CC(O)C(C)c1ccc(C(=O)OC)cc1. The third-order valence-electron chi connectivity index (χ3n) is 2.50. The lowest BCUT2D eigenvalue weighted by Gasteiger charge is -2.14. The smallest absolute Gasteiger partial charge is 0.337 e. The summed E-state index contributed by atoms with van der Waals surface area (Å²) < 4.78 is 4.58. The number of aliphatic hydroxyl groups excluding tert-OH is 1. The molecule has 0 saturated carbocycles. The van der Waals surface area contributed by atoms with Gasteiger partial charge in [-0.05, 0) is 17.7 Å². The van der Waals surface area contributed by atoms with E-state index in [0.717, 1.165) is 5.56 Å². The van der Waals surface area contributed by atoms with Crippen molar-refractivity contribution in [2.75, 3.05) is 7.11 Å². The van der Waals surface area contributed by atoms with Gasteiger partial charge in [-0.15, -0.1) is 6.42 Å².